The van der Waals surface area contributed by atoms with Gasteiger partial charge in [0.15, 0.2) is 0 Å². The fraction of sp³-hybridized carbons (Fsp3) is 0.571. The van der Waals surface area contributed by atoms with E-state index in [1.807, 2.05) is 24.2 Å². The zero-order chi connectivity index (χ0) is 13.5. The van der Waals surface area contributed by atoms with E-state index in [1.54, 1.807) is 0 Å². The number of likely N-dealkylation sites (tertiary alicyclic amines) is 1. The summed E-state index contributed by atoms with van der Waals surface area (Å²) in [6.45, 7) is 1.40. The number of nitrogens with zero attached hydrogens (tertiary/aromatic N) is 2. The number of thioether (sulfide) groups is 1. The molecule has 0 aromatic carbocycles. The fourth-order valence-corrected chi connectivity index (χ4v) is 3.49. The van der Waals surface area contributed by atoms with Crippen molar-refractivity contribution in [3.8, 4) is 0 Å². The summed E-state index contributed by atoms with van der Waals surface area (Å²) in [5, 5.41) is 8.88. The maximum absolute atomic E-state index is 10.8. The van der Waals surface area contributed by atoms with Gasteiger partial charge in [0.05, 0.1) is 0 Å². The smallest absolute Gasteiger partial charge is 0.407 e. The molecular weight excluding hydrogens is 260 g/mol. The highest BCUT2D eigenvalue weighted by Gasteiger charge is 2.21. The predicted molar refractivity (Wildman–Crippen MR) is 77.6 cm³/mol. The normalized spacial score (nSPS) is 16.5. The molecule has 0 atom stereocenters. The van der Waals surface area contributed by atoms with Crippen molar-refractivity contribution in [1.82, 2.24) is 9.88 Å². The van der Waals surface area contributed by atoms with E-state index in [0.29, 0.717) is 19.0 Å². The first-order valence-electron chi connectivity index (χ1n) is 6.70. The Hall–Kier alpha value is -1.23. The minimum absolute atomic E-state index is 0.679. The van der Waals surface area contributed by atoms with Crippen molar-refractivity contribution < 1.29 is 9.90 Å². The van der Waals surface area contributed by atoms with Crippen molar-refractivity contribution in [3.05, 3.63) is 30.1 Å². The van der Waals surface area contributed by atoms with Gasteiger partial charge in [-0.1, -0.05) is 0 Å². The Kier molecular flexibility index (Phi) is 5.51. The highest BCUT2D eigenvalue weighted by molar-refractivity contribution is 7.99. The van der Waals surface area contributed by atoms with Gasteiger partial charge in [0.2, 0.25) is 0 Å². The van der Waals surface area contributed by atoms with Crippen LogP contribution in [0.1, 0.15) is 18.4 Å². The van der Waals surface area contributed by atoms with Crippen molar-refractivity contribution in [2.75, 3.05) is 24.6 Å². The Morgan fingerprint density at radius 3 is 2.68 bits per heavy atom. The lowest BCUT2D eigenvalue weighted by molar-refractivity contribution is 0.127. The topological polar surface area (TPSA) is 53.4 Å². The Bertz CT molecular complexity index is 392. The van der Waals surface area contributed by atoms with Crippen LogP contribution in [0.15, 0.2) is 24.5 Å². The number of carbonyl (C=O) groups is 1. The van der Waals surface area contributed by atoms with Crippen molar-refractivity contribution >= 4 is 17.9 Å². The van der Waals surface area contributed by atoms with Crippen molar-refractivity contribution in [1.29, 1.82) is 0 Å². The molecule has 1 fully saturated rings. The lowest BCUT2D eigenvalue weighted by Crippen LogP contribution is -2.37. The van der Waals surface area contributed by atoms with E-state index < -0.39 is 6.09 Å². The molecule has 2 rings (SSSR count). The largest absolute Gasteiger partial charge is 0.465 e. The molecule has 1 aliphatic heterocycles. The summed E-state index contributed by atoms with van der Waals surface area (Å²) in [6.07, 6.45) is 6.00. The van der Waals surface area contributed by atoms with E-state index in [0.717, 1.165) is 30.8 Å². The summed E-state index contributed by atoms with van der Waals surface area (Å²) in [5.74, 6) is 2.96. The Labute approximate surface area is 118 Å². The second-order valence-electron chi connectivity index (χ2n) is 4.89. The maximum atomic E-state index is 10.8. The zero-order valence-electron chi connectivity index (χ0n) is 11.0. The average Bonchev–Trinajstić information content (AvgIpc) is 2.45. The first-order chi connectivity index (χ1) is 9.25. The second kappa shape index (κ2) is 7.38. The molecule has 1 aromatic heterocycles. The third-order valence-electron chi connectivity index (χ3n) is 3.52. The van der Waals surface area contributed by atoms with Crippen molar-refractivity contribution in [2.45, 2.75) is 19.3 Å². The van der Waals surface area contributed by atoms with Crippen molar-refractivity contribution in [2.24, 2.45) is 5.92 Å². The lowest BCUT2D eigenvalue weighted by Gasteiger charge is -2.29. The number of pyridine rings is 1. The molecule has 1 N–H and O–H groups in total. The summed E-state index contributed by atoms with van der Waals surface area (Å²) >= 11 is 1.98. The van der Waals surface area contributed by atoms with Crippen LogP contribution in [0, 0.1) is 5.92 Å². The van der Waals surface area contributed by atoms with Gasteiger partial charge in [0.25, 0.3) is 0 Å². The SMILES string of the molecule is O=C(O)N1CCC(CSCCc2ccncc2)CC1. The highest BCUT2D eigenvalue weighted by atomic mass is 32.2. The van der Waals surface area contributed by atoms with Crippen LogP contribution in [-0.2, 0) is 6.42 Å². The molecule has 2 heterocycles. The fourth-order valence-electron chi connectivity index (χ4n) is 2.28. The van der Waals surface area contributed by atoms with Gasteiger partial charge in [-0.3, -0.25) is 4.98 Å². The van der Waals surface area contributed by atoms with Gasteiger partial charge < -0.3 is 10.0 Å². The van der Waals surface area contributed by atoms with Crippen LogP contribution >= 0.6 is 11.8 Å². The highest BCUT2D eigenvalue weighted by Crippen LogP contribution is 2.22. The summed E-state index contributed by atoms with van der Waals surface area (Å²) < 4.78 is 0. The molecule has 1 saturated heterocycles. The van der Waals surface area contributed by atoms with Crippen LogP contribution in [0.2, 0.25) is 0 Å². The van der Waals surface area contributed by atoms with Crippen LogP contribution in [-0.4, -0.2) is 45.7 Å². The van der Waals surface area contributed by atoms with Gasteiger partial charge in [-0.25, -0.2) is 4.79 Å². The molecule has 0 aliphatic carbocycles. The van der Waals surface area contributed by atoms with Gasteiger partial charge in [-0.05, 0) is 54.4 Å². The molecule has 19 heavy (non-hydrogen) atoms. The zero-order valence-corrected chi connectivity index (χ0v) is 11.8. The van der Waals surface area contributed by atoms with Gasteiger partial charge in [0.1, 0.15) is 0 Å². The average molecular weight is 280 g/mol. The second-order valence-corrected chi connectivity index (χ2v) is 6.04. The minimum atomic E-state index is -0.774. The molecular formula is C14H20N2O2S. The molecule has 4 nitrogen and oxygen atoms in total. The molecule has 5 heteroatoms. The quantitative estimate of drug-likeness (QED) is 0.843. The molecule has 104 valence electrons. The molecule has 0 spiro atoms. The van der Waals surface area contributed by atoms with E-state index in [2.05, 4.69) is 17.1 Å². The van der Waals surface area contributed by atoms with Crippen LogP contribution in [0.4, 0.5) is 4.79 Å². The molecule has 1 aromatic rings. The minimum Gasteiger partial charge on any atom is -0.465 e. The summed E-state index contributed by atoms with van der Waals surface area (Å²) in [7, 11) is 0. The number of carboxylic acid groups (broad SMARTS) is 1. The van der Waals surface area contributed by atoms with Gasteiger partial charge in [-0.15, -0.1) is 0 Å². The van der Waals surface area contributed by atoms with Gasteiger partial charge in [0, 0.05) is 25.5 Å². The Morgan fingerprint density at radius 2 is 2.05 bits per heavy atom. The van der Waals surface area contributed by atoms with Crippen LogP contribution in [0.25, 0.3) is 0 Å². The Balaban J connectivity index is 1.58. The number of aryl methyl sites for hydroxylation is 1. The number of hydrogen-bond acceptors (Lipinski definition) is 3. The van der Waals surface area contributed by atoms with E-state index in [1.165, 1.54) is 10.5 Å². The van der Waals surface area contributed by atoms with Gasteiger partial charge >= 0.3 is 6.09 Å². The molecule has 0 radical (unpaired) electrons. The molecule has 0 saturated carbocycles. The maximum Gasteiger partial charge on any atom is 0.407 e. The predicted octanol–water partition coefficient (Wildman–Crippen LogP) is 2.75. The molecule has 1 aliphatic rings. The van der Waals surface area contributed by atoms with Gasteiger partial charge in [-0.2, -0.15) is 11.8 Å². The molecule has 1 amide bonds. The monoisotopic (exact) mass is 280 g/mol. The number of aromatic nitrogens is 1. The first-order valence-corrected chi connectivity index (χ1v) is 7.85. The van der Waals surface area contributed by atoms with E-state index in [-0.39, 0.29) is 0 Å². The van der Waals surface area contributed by atoms with E-state index in [4.69, 9.17) is 5.11 Å². The van der Waals surface area contributed by atoms with Crippen LogP contribution in [0.3, 0.4) is 0 Å². The standard InChI is InChI=1S/C14H20N2O2S/c17-14(18)16-8-3-13(4-9-16)11-19-10-5-12-1-6-15-7-2-12/h1-2,6-7,13H,3-5,8-11H2,(H,17,18). The summed E-state index contributed by atoms with van der Waals surface area (Å²) in [4.78, 5) is 16.3. The molecule has 0 bridgehead atoms. The van der Waals surface area contributed by atoms with Crippen LogP contribution < -0.4 is 0 Å². The Morgan fingerprint density at radius 1 is 1.37 bits per heavy atom. The summed E-state index contributed by atoms with van der Waals surface area (Å²) in [5.41, 5.74) is 1.34. The lowest BCUT2D eigenvalue weighted by atomic mass is 9.99. The molecule has 0 unspecified atom stereocenters. The number of amides is 1. The third kappa shape index (κ3) is 4.74. The first kappa shape index (κ1) is 14.2. The summed E-state index contributed by atoms with van der Waals surface area (Å²) in [6, 6.07) is 4.12. The third-order valence-corrected chi connectivity index (χ3v) is 4.72. The van der Waals surface area contributed by atoms with Crippen molar-refractivity contribution in [3.63, 3.8) is 0 Å². The van der Waals surface area contributed by atoms with Crippen LogP contribution in [0.5, 0.6) is 0 Å². The number of piperidine rings is 1. The van der Waals surface area contributed by atoms with E-state index in [9.17, 15) is 4.79 Å². The number of rotatable bonds is 5. The van der Waals surface area contributed by atoms with E-state index >= 15 is 0 Å². The number of hydrogen-bond donors (Lipinski definition) is 1.